The Labute approximate surface area is 149 Å². The highest BCUT2D eigenvalue weighted by Crippen LogP contribution is 2.13. The average molecular weight is 342 g/mol. The Morgan fingerprint density at radius 3 is 1.79 bits per heavy atom. The van der Waals surface area contributed by atoms with E-state index >= 15 is 0 Å². The zero-order valence-electron chi connectivity index (χ0n) is 16.8. The van der Waals surface area contributed by atoms with Crippen LogP contribution in [0.15, 0.2) is 0 Å². The lowest BCUT2D eigenvalue weighted by Crippen LogP contribution is -2.35. The van der Waals surface area contributed by atoms with Crippen molar-refractivity contribution in [3.63, 3.8) is 0 Å². The van der Waals surface area contributed by atoms with Crippen molar-refractivity contribution in [2.45, 2.75) is 98.5 Å². The predicted octanol–water partition coefficient (Wildman–Crippen LogP) is 4.65. The van der Waals surface area contributed by atoms with Gasteiger partial charge in [0.15, 0.2) is 5.78 Å². The number of hydrogen-bond acceptors (Lipinski definition) is 3. The summed E-state index contributed by atoms with van der Waals surface area (Å²) in [6.45, 7) is 12.7. The molecular weight excluding hydrogens is 302 g/mol. The molecule has 0 spiro atoms. The number of unbranched alkanes of at least 4 members (excludes halogenated alkanes) is 6. The van der Waals surface area contributed by atoms with Gasteiger partial charge in [0.05, 0.1) is 5.60 Å². The Bertz CT molecular complexity index is 364. The third-order valence-corrected chi connectivity index (χ3v) is 3.77. The summed E-state index contributed by atoms with van der Waals surface area (Å²) in [6.07, 6.45) is 8.51. The number of hydrogen-bond donors (Lipinski definition) is 1. The van der Waals surface area contributed by atoms with Crippen molar-refractivity contribution in [3.8, 4) is 0 Å². The summed E-state index contributed by atoms with van der Waals surface area (Å²) < 4.78 is 5.48. The molecule has 0 aromatic rings. The first-order valence-electron chi connectivity index (χ1n) is 9.46. The fourth-order valence-electron chi connectivity index (χ4n) is 2.17. The molecule has 0 bridgehead atoms. The lowest BCUT2D eigenvalue weighted by molar-refractivity contribution is -0.129. The molecule has 0 aromatic carbocycles. The highest BCUT2D eigenvalue weighted by atomic mass is 16.5. The summed E-state index contributed by atoms with van der Waals surface area (Å²) in [6, 6.07) is 0. The van der Waals surface area contributed by atoms with E-state index in [9.17, 15) is 9.59 Å². The molecule has 24 heavy (non-hydrogen) atoms. The zero-order chi connectivity index (χ0) is 18.6. The Hall–Kier alpha value is -0.900. The molecule has 1 amide bonds. The number of carbonyl (C=O) groups is 2. The highest BCUT2D eigenvalue weighted by molar-refractivity contribution is 5.81. The highest BCUT2D eigenvalue weighted by Gasteiger charge is 2.20. The SMILES string of the molecule is CC(C)(C)OCC(=O)CCCCCCCCCNC(=O)C(C)(C)C. The summed E-state index contributed by atoms with van der Waals surface area (Å²) in [4.78, 5) is 23.3. The topological polar surface area (TPSA) is 55.4 Å². The maximum absolute atomic E-state index is 11.7. The molecule has 0 saturated heterocycles. The van der Waals surface area contributed by atoms with Gasteiger partial charge in [0.1, 0.15) is 6.61 Å². The minimum atomic E-state index is -0.296. The van der Waals surface area contributed by atoms with Crippen molar-refractivity contribution >= 4 is 11.7 Å². The van der Waals surface area contributed by atoms with Crippen LogP contribution >= 0.6 is 0 Å². The fraction of sp³-hybridized carbons (Fsp3) is 0.900. The van der Waals surface area contributed by atoms with Gasteiger partial charge in [0, 0.05) is 18.4 Å². The Morgan fingerprint density at radius 2 is 1.29 bits per heavy atom. The van der Waals surface area contributed by atoms with Crippen LogP contribution in [0.2, 0.25) is 0 Å². The van der Waals surface area contributed by atoms with Gasteiger partial charge in [-0.25, -0.2) is 0 Å². The molecule has 0 atom stereocenters. The predicted molar refractivity (Wildman–Crippen MR) is 100 cm³/mol. The van der Waals surface area contributed by atoms with Gasteiger partial charge in [-0.1, -0.05) is 52.9 Å². The van der Waals surface area contributed by atoms with Crippen molar-refractivity contribution in [3.05, 3.63) is 0 Å². The first kappa shape index (κ1) is 23.1. The number of carbonyl (C=O) groups excluding carboxylic acids is 2. The van der Waals surface area contributed by atoms with Gasteiger partial charge in [-0.2, -0.15) is 0 Å². The van der Waals surface area contributed by atoms with Crippen molar-refractivity contribution in [2.75, 3.05) is 13.2 Å². The molecule has 4 nitrogen and oxygen atoms in total. The fourth-order valence-corrected chi connectivity index (χ4v) is 2.17. The van der Waals surface area contributed by atoms with Crippen LogP contribution in [-0.2, 0) is 14.3 Å². The molecule has 0 aliphatic heterocycles. The minimum Gasteiger partial charge on any atom is -0.368 e. The lowest BCUT2D eigenvalue weighted by atomic mass is 9.96. The third-order valence-electron chi connectivity index (χ3n) is 3.77. The van der Waals surface area contributed by atoms with Crippen LogP contribution in [0.3, 0.4) is 0 Å². The number of Topliss-reactive ketones (excluding diaryl/α,β-unsaturated/α-hetero) is 1. The van der Waals surface area contributed by atoms with Crippen LogP contribution in [0.5, 0.6) is 0 Å². The Kier molecular flexibility index (Phi) is 11.2. The second kappa shape index (κ2) is 11.6. The van der Waals surface area contributed by atoms with Crippen molar-refractivity contribution in [1.29, 1.82) is 0 Å². The van der Waals surface area contributed by atoms with E-state index in [0.29, 0.717) is 6.42 Å². The van der Waals surface area contributed by atoms with Crippen LogP contribution in [0.4, 0.5) is 0 Å². The monoisotopic (exact) mass is 341 g/mol. The number of nitrogens with one attached hydrogen (secondary N) is 1. The van der Waals surface area contributed by atoms with Gasteiger partial charge in [-0.05, 0) is 33.6 Å². The first-order chi connectivity index (χ1) is 11.0. The second-order valence-electron chi connectivity index (χ2n) is 8.67. The molecule has 0 rings (SSSR count). The standard InChI is InChI=1S/C20H39NO3/c1-19(2,3)18(23)21-15-13-11-9-7-8-10-12-14-17(22)16-24-20(4,5)6/h7-16H2,1-6H3,(H,21,23). The van der Waals surface area contributed by atoms with Crippen LogP contribution in [0.25, 0.3) is 0 Å². The minimum absolute atomic E-state index is 0.127. The van der Waals surface area contributed by atoms with Gasteiger partial charge in [-0.15, -0.1) is 0 Å². The van der Waals surface area contributed by atoms with Crippen LogP contribution < -0.4 is 5.32 Å². The number of ether oxygens (including phenoxy) is 1. The summed E-state index contributed by atoms with van der Waals surface area (Å²) >= 11 is 0. The van der Waals surface area contributed by atoms with Gasteiger partial charge >= 0.3 is 0 Å². The maximum Gasteiger partial charge on any atom is 0.225 e. The van der Waals surface area contributed by atoms with Gasteiger partial charge in [0.2, 0.25) is 5.91 Å². The number of rotatable bonds is 12. The summed E-state index contributed by atoms with van der Waals surface area (Å²) in [5, 5.41) is 2.98. The van der Waals surface area contributed by atoms with Crippen LogP contribution in [0, 0.1) is 5.41 Å². The van der Waals surface area contributed by atoms with E-state index in [2.05, 4.69) is 5.32 Å². The molecule has 0 unspecified atom stereocenters. The van der Waals surface area contributed by atoms with E-state index in [4.69, 9.17) is 4.74 Å². The summed E-state index contributed by atoms with van der Waals surface area (Å²) in [5.74, 6) is 0.335. The average Bonchev–Trinajstić information content (AvgIpc) is 2.45. The van der Waals surface area contributed by atoms with E-state index in [-0.39, 0.29) is 29.3 Å². The van der Waals surface area contributed by atoms with Crippen molar-refractivity contribution in [1.82, 2.24) is 5.32 Å². The lowest BCUT2D eigenvalue weighted by Gasteiger charge is -2.18. The number of ketones is 1. The van der Waals surface area contributed by atoms with E-state index in [0.717, 1.165) is 32.2 Å². The summed E-state index contributed by atoms with van der Waals surface area (Å²) in [7, 11) is 0. The van der Waals surface area contributed by atoms with Gasteiger partial charge in [-0.3, -0.25) is 9.59 Å². The van der Waals surface area contributed by atoms with E-state index in [1.54, 1.807) is 0 Å². The van der Waals surface area contributed by atoms with E-state index in [1.165, 1.54) is 19.3 Å². The molecule has 1 N–H and O–H groups in total. The molecule has 0 fully saturated rings. The molecule has 0 aliphatic rings. The van der Waals surface area contributed by atoms with Crippen molar-refractivity contribution in [2.24, 2.45) is 5.41 Å². The Morgan fingerprint density at radius 1 is 0.792 bits per heavy atom. The number of amides is 1. The van der Waals surface area contributed by atoms with Crippen LogP contribution in [-0.4, -0.2) is 30.4 Å². The molecule has 0 saturated carbocycles. The van der Waals surface area contributed by atoms with Gasteiger partial charge in [0.25, 0.3) is 0 Å². The quantitative estimate of drug-likeness (QED) is 0.526. The zero-order valence-corrected chi connectivity index (χ0v) is 16.8. The smallest absolute Gasteiger partial charge is 0.225 e. The van der Waals surface area contributed by atoms with E-state index in [1.807, 2.05) is 41.5 Å². The Balaban J connectivity index is 3.37. The van der Waals surface area contributed by atoms with E-state index < -0.39 is 0 Å². The molecule has 142 valence electrons. The largest absolute Gasteiger partial charge is 0.368 e. The second-order valence-corrected chi connectivity index (χ2v) is 8.67. The first-order valence-corrected chi connectivity index (χ1v) is 9.46. The summed E-state index contributed by atoms with van der Waals surface area (Å²) in [5.41, 5.74) is -0.530. The van der Waals surface area contributed by atoms with Crippen molar-refractivity contribution < 1.29 is 14.3 Å². The third kappa shape index (κ3) is 14.7. The maximum atomic E-state index is 11.7. The molecule has 0 radical (unpaired) electrons. The molecule has 0 heterocycles. The molecule has 0 aliphatic carbocycles. The van der Waals surface area contributed by atoms with Crippen LogP contribution in [0.1, 0.15) is 92.9 Å². The molecule has 0 aromatic heterocycles. The molecular formula is C20H39NO3. The van der Waals surface area contributed by atoms with Gasteiger partial charge < -0.3 is 10.1 Å². The molecule has 4 heteroatoms. The normalized spacial score (nSPS) is 12.2.